The lowest BCUT2D eigenvalue weighted by atomic mass is 10.1. The Hall–Kier alpha value is -2.94. The average molecular weight is 446 g/mol. The summed E-state index contributed by atoms with van der Waals surface area (Å²) in [5.41, 5.74) is 0.251. The Balaban J connectivity index is 1.84. The molecule has 3 rings (SSSR count). The van der Waals surface area contributed by atoms with Crippen molar-refractivity contribution in [2.24, 2.45) is 0 Å². The Bertz CT molecular complexity index is 1110. The molecule has 1 aromatic heterocycles. The summed E-state index contributed by atoms with van der Waals surface area (Å²) < 4.78 is 0.869. The minimum atomic E-state index is -1.20. The molecule has 0 atom stereocenters. The van der Waals surface area contributed by atoms with Gasteiger partial charge in [-0.05, 0) is 44.3 Å². The zero-order valence-electron chi connectivity index (χ0n) is 16.1. The van der Waals surface area contributed by atoms with Crippen LogP contribution in [0.5, 0.6) is 0 Å². The molecule has 0 saturated heterocycles. The summed E-state index contributed by atoms with van der Waals surface area (Å²) in [6, 6.07) is 11.4. The Kier molecular flexibility index (Phi) is 7.04. The molecule has 3 aromatic rings. The summed E-state index contributed by atoms with van der Waals surface area (Å²) in [5, 5.41) is 18.9. The monoisotopic (exact) mass is 445 g/mol. The predicted octanol–water partition coefficient (Wildman–Crippen LogP) is 3.84. The number of carboxylic acids is 1. The zero-order valence-corrected chi connectivity index (χ0v) is 17.7. The van der Waals surface area contributed by atoms with Crippen LogP contribution in [0.25, 0.3) is 10.1 Å². The number of carbonyl (C=O) groups excluding carboxylic acids is 2. The van der Waals surface area contributed by atoms with Crippen LogP contribution in [0.2, 0.25) is 5.02 Å². The smallest absolute Gasteiger partial charge is 0.335 e. The standard InChI is InChI=1S/C21H20ClN3O4S/c1-23-7-4-8-24-19(26)12-9-13(21(28)29)11-14(10-12)25-20(27)18-17(22)15-5-2-3-6-16(15)30-18/h2-3,5-6,9-11,23H,4,7-8H2,1H3,(H,24,26)(H,25,27)(H,28,29). The van der Waals surface area contributed by atoms with E-state index in [1.165, 1.54) is 29.5 Å². The molecule has 9 heteroatoms. The first-order valence-corrected chi connectivity index (χ1v) is 10.4. The van der Waals surface area contributed by atoms with Crippen LogP contribution in [0.3, 0.4) is 0 Å². The highest BCUT2D eigenvalue weighted by Crippen LogP contribution is 2.35. The van der Waals surface area contributed by atoms with Crippen LogP contribution in [0.4, 0.5) is 5.69 Å². The van der Waals surface area contributed by atoms with E-state index >= 15 is 0 Å². The summed E-state index contributed by atoms with van der Waals surface area (Å²) >= 11 is 7.59. The van der Waals surface area contributed by atoms with Crippen LogP contribution in [-0.2, 0) is 0 Å². The molecular formula is C21H20ClN3O4S. The average Bonchev–Trinajstić information content (AvgIpc) is 3.07. The van der Waals surface area contributed by atoms with Gasteiger partial charge in [-0.15, -0.1) is 11.3 Å². The maximum atomic E-state index is 12.8. The number of carboxylic acid groups (broad SMARTS) is 1. The highest BCUT2D eigenvalue weighted by molar-refractivity contribution is 7.21. The number of benzene rings is 2. The number of aromatic carboxylic acids is 1. The lowest BCUT2D eigenvalue weighted by Crippen LogP contribution is -2.27. The van der Waals surface area contributed by atoms with E-state index in [9.17, 15) is 19.5 Å². The highest BCUT2D eigenvalue weighted by atomic mass is 35.5. The number of halogens is 1. The fourth-order valence-corrected chi connectivity index (χ4v) is 4.28. The van der Waals surface area contributed by atoms with Gasteiger partial charge in [0.25, 0.3) is 11.8 Å². The van der Waals surface area contributed by atoms with Crippen molar-refractivity contribution in [3.05, 3.63) is 63.5 Å². The molecule has 0 spiro atoms. The Morgan fingerprint density at radius 1 is 1.03 bits per heavy atom. The van der Waals surface area contributed by atoms with Crippen molar-refractivity contribution in [3.8, 4) is 0 Å². The number of anilines is 1. The second-order valence-electron chi connectivity index (χ2n) is 6.51. The second kappa shape index (κ2) is 9.71. The number of hydrogen-bond donors (Lipinski definition) is 4. The van der Waals surface area contributed by atoms with E-state index in [-0.39, 0.29) is 16.8 Å². The Labute approximate surface area is 182 Å². The first-order valence-electron chi connectivity index (χ1n) is 9.20. The highest BCUT2D eigenvalue weighted by Gasteiger charge is 2.19. The molecule has 0 aliphatic rings. The van der Waals surface area contributed by atoms with E-state index in [2.05, 4.69) is 16.0 Å². The second-order valence-corrected chi connectivity index (χ2v) is 7.94. The largest absolute Gasteiger partial charge is 0.478 e. The van der Waals surface area contributed by atoms with E-state index in [0.29, 0.717) is 16.4 Å². The normalized spacial score (nSPS) is 10.7. The quantitative estimate of drug-likeness (QED) is 0.394. The van der Waals surface area contributed by atoms with Crippen LogP contribution >= 0.6 is 22.9 Å². The third kappa shape index (κ3) is 4.96. The van der Waals surface area contributed by atoms with Gasteiger partial charge in [0.2, 0.25) is 0 Å². The lowest BCUT2D eigenvalue weighted by Gasteiger charge is -2.10. The minimum Gasteiger partial charge on any atom is -0.478 e. The number of hydrogen-bond acceptors (Lipinski definition) is 5. The molecule has 2 amide bonds. The first kappa shape index (κ1) is 21.8. The topological polar surface area (TPSA) is 108 Å². The molecule has 0 bridgehead atoms. The Morgan fingerprint density at radius 3 is 2.47 bits per heavy atom. The molecule has 0 unspecified atom stereocenters. The van der Waals surface area contributed by atoms with E-state index < -0.39 is 17.8 Å². The summed E-state index contributed by atoms with van der Waals surface area (Å²) in [4.78, 5) is 37.0. The van der Waals surface area contributed by atoms with Crippen molar-refractivity contribution >= 4 is 56.5 Å². The van der Waals surface area contributed by atoms with Crippen molar-refractivity contribution in [2.75, 3.05) is 25.5 Å². The fraction of sp³-hybridized carbons (Fsp3) is 0.190. The van der Waals surface area contributed by atoms with Crippen LogP contribution in [0.15, 0.2) is 42.5 Å². The van der Waals surface area contributed by atoms with Gasteiger partial charge in [-0.2, -0.15) is 0 Å². The van der Waals surface area contributed by atoms with Crippen molar-refractivity contribution in [3.63, 3.8) is 0 Å². The van der Waals surface area contributed by atoms with E-state index in [1.807, 2.05) is 31.3 Å². The van der Waals surface area contributed by atoms with E-state index in [4.69, 9.17) is 11.6 Å². The van der Waals surface area contributed by atoms with Gasteiger partial charge in [0.15, 0.2) is 0 Å². The van der Waals surface area contributed by atoms with Gasteiger partial charge in [-0.1, -0.05) is 29.8 Å². The van der Waals surface area contributed by atoms with Crippen LogP contribution in [0.1, 0.15) is 36.8 Å². The molecular weight excluding hydrogens is 426 g/mol. The van der Waals surface area contributed by atoms with Gasteiger partial charge in [-0.25, -0.2) is 4.79 Å². The van der Waals surface area contributed by atoms with Crippen molar-refractivity contribution in [2.45, 2.75) is 6.42 Å². The number of nitrogens with one attached hydrogen (secondary N) is 3. The zero-order chi connectivity index (χ0) is 21.7. The minimum absolute atomic E-state index is 0.101. The van der Waals surface area contributed by atoms with Gasteiger partial charge >= 0.3 is 5.97 Å². The van der Waals surface area contributed by atoms with Crippen LogP contribution in [0, 0.1) is 0 Å². The van der Waals surface area contributed by atoms with E-state index in [0.717, 1.165) is 23.1 Å². The van der Waals surface area contributed by atoms with Crippen molar-refractivity contribution in [1.82, 2.24) is 10.6 Å². The van der Waals surface area contributed by atoms with Gasteiger partial charge in [0.05, 0.1) is 10.6 Å². The summed E-state index contributed by atoms with van der Waals surface area (Å²) in [6.07, 6.45) is 0.731. The number of thiophene rings is 1. The first-order chi connectivity index (χ1) is 14.4. The third-order valence-electron chi connectivity index (χ3n) is 4.33. The fourth-order valence-electron chi connectivity index (χ4n) is 2.87. The van der Waals surface area contributed by atoms with Gasteiger partial charge in [-0.3, -0.25) is 9.59 Å². The Morgan fingerprint density at radius 2 is 1.77 bits per heavy atom. The van der Waals surface area contributed by atoms with Gasteiger partial charge in [0, 0.05) is 27.9 Å². The summed E-state index contributed by atoms with van der Waals surface area (Å²) in [7, 11) is 1.82. The molecule has 0 aliphatic heterocycles. The summed E-state index contributed by atoms with van der Waals surface area (Å²) in [5.74, 6) is -2.08. The van der Waals surface area contributed by atoms with Gasteiger partial charge < -0.3 is 21.1 Å². The number of fused-ring (bicyclic) bond motifs is 1. The molecule has 7 nitrogen and oxygen atoms in total. The number of carbonyl (C=O) groups is 3. The lowest BCUT2D eigenvalue weighted by molar-refractivity contribution is 0.0696. The molecule has 0 aliphatic carbocycles. The third-order valence-corrected chi connectivity index (χ3v) is 6.00. The molecule has 0 radical (unpaired) electrons. The maximum absolute atomic E-state index is 12.8. The van der Waals surface area contributed by atoms with E-state index in [1.54, 1.807) is 0 Å². The molecule has 0 fully saturated rings. The summed E-state index contributed by atoms with van der Waals surface area (Å²) in [6.45, 7) is 1.18. The molecule has 1 heterocycles. The maximum Gasteiger partial charge on any atom is 0.335 e. The number of rotatable bonds is 8. The predicted molar refractivity (Wildman–Crippen MR) is 119 cm³/mol. The van der Waals surface area contributed by atoms with Crippen LogP contribution < -0.4 is 16.0 Å². The van der Waals surface area contributed by atoms with Gasteiger partial charge in [0.1, 0.15) is 4.88 Å². The SMILES string of the molecule is CNCCCNC(=O)c1cc(NC(=O)c2sc3ccccc3c2Cl)cc(C(=O)O)c1. The number of amides is 2. The molecule has 0 saturated carbocycles. The molecule has 30 heavy (non-hydrogen) atoms. The van der Waals surface area contributed by atoms with Crippen molar-refractivity contribution < 1.29 is 19.5 Å². The molecule has 156 valence electrons. The molecule has 2 aromatic carbocycles. The van der Waals surface area contributed by atoms with Crippen LogP contribution in [-0.4, -0.2) is 43.0 Å². The molecule has 4 N–H and O–H groups in total. The van der Waals surface area contributed by atoms with Crippen molar-refractivity contribution in [1.29, 1.82) is 0 Å².